The lowest BCUT2D eigenvalue weighted by molar-refractivity contribution is -0.156. The number of primary amides is 1. The molecule has 0 unspecified atom stereocenters. The molecule has 1 saturated heterocycles. The van der Waals surface area contributed by atoms with E-state index in [0.29, 0.717) is 0 Å². The summed E-state index contributed by atoms with van der Waals surface area (Å²) in [6.45, 7) is 10.6. The second kappa shape index (κ2) is 15.1. The minimum absolute atomic E-state index is 0.0101. The third kappa shape index (κ3) is 12.5. The van der Waals surface area contributed by atoms with Crippen LogP contribution in [0.2, 0.25) is 0 Å². The second-order valence-corrected chi connectivity index (χ2v) is 10.2. The molecule has 1 heterocycles. The molecule has 2 atom stereocenters. The van der Waals surface area contributed by atoms with Gasteiger partial charge >= 0.3 is 18.0 Å². The maximum atomic E-state index is 12.6. The molecule has 10 nitrogen and oxygen atoms in total. The van der Waals surface area contributed by atoms with Crippen LogP contribution in [0, 0.1) is 17.8 Å². The number of amides is 2. The number of carboxylic acids is 1. The Morgan fingerprint density at radius 3 is 2.14 bits per heavy atom. The van der Waals surface area contributed by atoms with Crippen molar-refractivity contribution in [2.75, 3.05) is 13.1 Å². The SMILES string of the molecule is CC(C)C[C@@H](C(=O)O)[C@H](NC(=O)OC(C)(C)C)C(=O)OCc1ccccc1.NC(=O)C1CCNCC1. The van der Waals surface area contributed by atoms with Gasteiger partial charge in [-0.05, 0) is 64.6 Å². The van der Waals surface area contributed by atoms with E-state index in [0.717, 1.165) is 31.5 Å². The van der Waals surface area contributed by atoms with Crippen LogP contribution in [0.25, 0.3) is 0 Å². The lowest BCUT2D eigenvalue weighted by Crippen LogP contribution is -2.50. The van der Waals surface area contributed by atoms with Gasteiger partial charge in [0.05, 0.1) is 5.92 Å². The lowest BCUT2D eigenvalue weighted by Gasteiger charge is -2.27. The number of carbonyl (C=O) groups excluding carboxylic acids is 3. The third-order valence-electron chi connectivity index (χ3n) is 5.34. The van der Waals surface area contributed by atoms with E-state index in [9.17, 15) is 24.3 Å². The van der Waals surface area contributed by atoms with Crippen molar-refractivity contribution in [2.24, 2.45) is 23.5 Å². The Morgan fingerprint density at radius 2 is 1.69 bits per heavy atom. The molecule has 5 N–H and O–H groups in total. The molecular formula is C26H41N3O7. The van der Waals surface area contributed by atoms with Gasteiger partial charge in [-0.2, -0.15) is 0 Å². The zero-order valence-electron chi connectivity index (χ0n) is 21.9. The van der Waals surface area contributed by atoms with Gasteiger partial charge in [-0.3, -0.25) is 9.59 Å². The molecule has 1 aliphatic heterocycles. The number of esters is 1. The number of hydrogen-bond acceptors (Lipinski definition) is 7. The number of carbonyl (C=O) groups is 4. The molecule has 1 aromatic rings. The molecular weight excluding hydrogens is 466 g/mol. The summed E-state index contributed by atoms with van der Waals surface area (Å²) in [4.78, 5) is 47.0. The summed E-state index contributed by atoms with van der Waals surface area (Å²) in [5.41, 5.74) is 5.08. The van der Waals surface area contributed by atoms with E-state index < -0.39 is 35.6 Å². The Balaban J connectivity index is 0.000000600. The summed E-state index contributed by atoms with van der Waals surface area (Å²) in [7, 11) is 0. The van der Waals surface area contributed by atoms with E-state index in [1.54, 1.807) is 45.0 Å². The summed E-state index contributed by atoms with van der Waals surface area (Å²) >= 11 is 0. The van der Waals surface area contributed by atoms with E-state index >= 15 is 0 Å². The van der Waals surface area contributed by atoms with Crippen molar-refractivity contribution in [1.29, 1.82) is 0 Å². The van der Waals surface area contributed by atoms with Gasteiger partial charge in [0.25, 0.3) is 0 Å². The maximum absolute atomic E-state index is 12.6. The van der Waals surface area contributed by atoms with Crippen molar-refractivity contribution in [3.8, 4) is 0 Å². The summed E-state index contributed by atoms with van der Waals surface area (Å²) in [6, 6.07) is 7.67. The Kier molecular flexibility index (Phi) is 12.9. The zero-order chi connectivity index (χ0) is 27.3. The molecule has 2 amide bonds. The summed E-state index contributed by atoms with van der Waals surface area (Å²) in [5.74, 6) is -3.11. The Morgan fingerprint density at radius 1 is 1.11 bits per heavy atom. The highest BCUT2D eigenvalue weighted by Crippen LogP contribution is 2.19. The van der Waals surface area contributed by atoms with Crippen LogP contribution in [0.15, 0.2) is 30.3 Å². The van der Waals surface area contributed by atoms with E-state index in [2.05, 4.69) is 10.6 Å². The summed E-state index contributed by atoms with van der Waals surface area (Å²) < 4.78 is 10.4. The number of benzene rings is 1. The number of rotatable bonds is 9. The molecule has 2 rings (SSSR count). The Labute approximate surface area is 213 Å². The van der Waals surface area contributed by atoms with Crippen LogP contribution in [0.1, 0.15) is 59.4 Å². The van der Waals surface area contributed by atoms with Gasteiger partial charge in [0.2, 0.25) is 5.91 Å². The Bertz CT molecular complexity index is 847. The molecule has 0 aliphatic carbocycles. The fourth-order valence-electron chi connectivity index (χ4n) is 3.57. The van der Waals surface area contributed by atoms with E-state index in [1.165, 1.54) is 0 Å². The van der Waals surface area contributed by atoms with Gasteiger partial charge in [0.1, 0.15) is 18.2 Å². The average Bonchev–Trinajstić information content (AvgIpc) is 2.80. The van der Waals surface area contributed by atoms with Gasteiger partial charge in [0, 0.05) is 5.92 Å². The minimum atomic E-state index is -1.34. The highest BCUT2D eigenvalue weighted by atomic mass is 16.6. The van der Waals surface area contributed by atoms with Crippen molar-refractivity contribution in [3.63, 3.8) is 0 Å². The molecule has 0 aromatic heterocycles. The van der Waals surface area contributed by atoms with Gasteiger partial charge in [0.15, 0.2) is 0 Å². The number of carboxylic acid groups (broad SMARTS) is 1. The van der Waals surface area contributed by atoms with E-state index in [4.69, 9.17) is 15.2 Å². The van der Waals surface area contributed by atoms with E-state index in [-0.39, 0.29) is 30.8 Å². The zero-order valence-corrected chi connectivity index (χ0v) is 21.9. The van der Waals surface area contributed by atoms with Gasteiger partial charge in [-0.1, -0.05) is 44.2 Å². The fraction of sp³-hybridized carbons (Fsp3) is 0.615. The van der Waals surface area contributed by atoms with Crippen LogP contribution in [-0.4, -0.2) is 53.8 Å². The fourth-order valence-corrected chi connectivity index (χ4v) is 3.57. The number of nitrogens with two attached hydrogens (primary N) is 1. The summed E-state index contributed by atoms with van der Waals surface area (Å²) in [6.07, 6.45) is 1.17. The van der Waals surface area contributed by atoms with Crippen LogP contribution in [0.3, 0.4) is 0 Å². The molecule has 202 valence electrons. The maximum Gasteiger partial charge on any atom is 0.408 e. The smallest absolute Gasteiger partial charge is 0.408 e. The van der Waals surface area contributed by atoms with Gasteiger partial charge < -0.3 is 30.9 Å². The van der Waals surface area contributed by atoms with Crippen molar-refractivity contribution < 1.29 is 33.8 Å². The number of alkyl carbamates (subject to hydrolysis) is 1. The van der Waals surface area contributed by atoms with Crippen molar-refractivity contribution in [3.05, 3.63) is 35.9 Å². The van der Waals surface area contributed by atoms with E-state index in [1.807, 2.05) is 19.9 Å². The first kappa shape index (κ1) is 30.9. The van der Waals surface area contributed by atoms with Crippen LogP contribution >= 0.6 is 0 Å². The topological polar surface area (TPSA) is 157 Å². The predicted octanol–water partition coefficient (Wildman–Crippen LogP) is 2.84. The molecule has 1 aromatic carbocycles. The first-order valence-electron chi connectivity index (χ1n) is 12.2. The predicted molar refractivity (Wildman–Crippen MR) is 135 cm³/mol. The van der Waals surface area contributed by atoms with Crippen LogP contribution < -0.4 is 16.4 Å². The lowest BCUT2D eigenvalue weighted by atomic mass is 9.90. The largest absolute Gasteiger partial charge is 0.481 e. The molecule has 0 radical (unpaired) electrons. The average molecular weight is 508 g/mol. The van der Waals surface area contributed by atoms with Gasteiger partial charge in [-0.25, -0.2) is 9.59 Å². The van der Waals surface area contributed by atoms with Gasteiger partial charge in [-0.15, -0.1) is 0 Å². The standard InChI is InChI=1S/C20H29NO6.C6H12N2O/c1-13(2)11-15(17(22)23)16(21-19(25)27-20(3,4)5)18(24)26-12-14-9-7-6-8-10-14;7-6(9)5-1-3-8-4-2-5/h6-10,13,15-16H,11-12H2,1-5H3,(H,21,25)(H,22,23);5,8H,1-4H2,(H2,7,9)/t15-,16+;/m1./s1. The van der Waals surface area contributed by atoms with Crippen LogP contribution in [0.4, 0.5) is 4.79 Å². The molecule has 0 spiro atoms. The van der Waals surface area contributed by atoms with Crippen molar-refractivity contribution in [1.82, 2.24) is 10.6 Å². The normalized spacial score (nSPS) is 15.6. The summed E-state index contributed by atoms with van der Waals surface area (Å²) in [5, 5.41) is 15.1. The van der Waals surface area contributed by atoms with Crippen molar-refractivity contribution in [2.45, 2.75) is 72.1 Å². The first-order chi connectivity index (χ1) is 16.8. The number of aliphatic carboxylic acids is 1. The first-order valence-corrected chi connectivity index (χ1v) is 12.2. The number of hydrogen-bond donors (Lipinski definition) is 4. The second-order valence-electron chi connectivity index (χ2n) is 10.2. The minimum Gasteiger partial charge on any atom is -0.481 e. The molecule has 1 fully saturated rings. The monoisotopic (exact) mass is 507 g/mol. The highest BCUT2D eigenvalue weighted by molar-refractivity contribution is 5.87. The van der Waals surface area contributed by atoms with Crippen LogP contribution in [0.5, 0.6) is 0 Å². The molecule has 1 aliphatic rings. The number of ether oxygens (including phenoxy) is 2. The Hall–Kier alpha value is -3.14. The van der Waals surface area contributed by atoms with Crippen LogP contribution in [-0.2, 0) is 30.5 Å². The number of piperidine rings is 1. The molecule has 10 heteroatoms. The quantitative estimate of drug-likeness (QED) is 0.372. The number of nitrogens with one attached hydrogen (secondary N) is 2. The third-order valence-corrected chi connectivity index (χ3v) is 5.34. The highest BCUT2D eigenvalue weighted by Gasteiger charge is 2.37. The molecule has 0 bridgehead atoms. The van der Waals surface area contributed by atoms with Crippen molar-refractivity contribution >= 4 is 23.9 Å². The molecule has 36 heavy (non-hydrogen) atoms. The molecule has 0 saturated carbocycles.